The van der Waals surface area contributed by atoms with Crippen LogP contribution in [-0.2, 0) is 6.54 Å². The van der Waals surface area contributed by atoms with Crippen molar-refractivity contribution in [1.29, 1.82) is 0 Å². The predicted octanol–water partition coefficient (Wildman–Crippen LogP) is 3.37. The predicted molar refractivity (Wildman–Crippen MR) is 69.7 cm³/mol. The molecule has 0 spiro atoms. The molecule has 2 rings (SSSR count). The fraction of sp³-hybridized carbons (Fsp3) is 0.769. The van der Waals surface area contributed by atoms with Crippen LogP contribution < -0.4 is 5.32 Å². The van der Waals surface area contributed by atoms with Crippen molar-refractivity contribution in [2.45, 2.75) is 52.6 Å². The Morgan fingerprint density at radius 3 is 2.56 bits per heavy atom. The van der Waals surface area contributed by atoms with Gasteiger partial charge in [0.05, 0.1) is 10.7 Å². The van der Waals surface area contributed by atoms with E-state index in [-0.39, 0.29) is 0 Å². The van der Waals surface area contributed by atoms with E-state index in [1.807, 2.05) is 0 Å². The van der Waals surface area contributed by atoms with Crippen LogP contribution >= 0.6 is 11.3 Å². The number of hydrogen-bond donors (Lipinski definition) is 1. The second-order valence-corrected chi connectivity index (χ2v) is 6.42. The van der Waals surface area contributed by atoms with Crippen LogP contribution in [0.4, 0.5) is 0 Å². The number of hydrogen-bond acceptors (Lipinski definition) is 3. The minimum Gasteiger partial charge on any atom is -0.308 e. The lowest BCUT2D eigenvalue weighted by molar-refractivity contribution is 0.238. The molecule has 0 bridgehead atoms. The van der Waals surface area contributed by atoms with E-state index in [1.54, 1.807) is 11.3 Å². The zero-order valence-electron chi connectivity index (χ0n) is 10.5. The molecule has 1 aromatic rings. The smallest absolute Gasteiger partial charge is 0.0897 e. The quantitative estimate of drug-likeness (QED) is 0.873. The van der Waals surface area contributed by atoms with E-state index < -0.39 is 0 Å². The molecule has 90 valence electrons. The molecule has 1 saturated carbocycles. The molecule has 0 amide bonds. The Hall–Kier alpha value is -0.410. The van der Waals surface area contributed by atoms with Crippen molar-refractivity contribution in [3.63, 3.8) is 0 Å². The lowest BCUT2D eigenvalue weighted by Crippen LogP contribution is -2.35. The summed E-state index contributed by atoms with van der Waals surface area (Å²) >= 11 is 1.74. The Morgan fingerprint density at radius 2 is 2.00 bits per heavy atom. The van der Waals surface area contributed by atoms with Gasteiger partial charge in [0.25, 0.3) is 0 Å². The summed E-state index contributed by atoms with van der Waals surface area (Å²) in [5, 5.41) is 6.99. The molecule has 2 unspecified atom stereocenters. The zero-order valence-corrected chi connectivity index (χ0v) is 11.3. The largest absolute Gasteiger partial charge is 0.308 e. The van der Waals surface area contributed by atoms with Crippen LogP contribution in [0.1, 0.15) is 43.8 Å². The lowest BCUT2D eigenvalue weighted by Gasteiger charge is -2.31. The van der Waals surface area contributed by atoms with Gasteiger partial charge < -0.3 is 5.32 Å². The van der Waals surface area contributed by atoms with Crippen LogP contribution in [0.3, 0.4) is 0 Å². The zero-order chi connectivity index (χ0) is 11.5. The summed E-state index contributed by atoms with van der Waals surface area (Å²) in [6.07, 6.45) is 4.05. The second-order valence-electron chi connectivity index (χ2n) is 5.35. The molecule has 1 aliphatic carbocycles. The van der Waals surface area contributed by atoms with Crippen LogP contribution in [0.5, 0.6) is 0 Å². The maximum absolute atomic E-state index is 4.49. The minimum absolute atomic E-state index is 0.695. The van der Waals surface area contributed by atoms with Crippen LogP contribution in [0.2, 0.25) is 0 Å². The van der Waals surface area contributed by atoms with Gasteiger partial charge in [0.15, 0.2) is 0 Å². The Labute approximate surface area is 102 Å². The highest BCUT2D eigenvalue weighted by Gasteiger charge is 2.23. The molecule has 1 aromatic heterocycles. The van der Waals surface area contributed by atoms with Gasteiger partial charge in [-0.15, -0.1) is 11.3 Å². The third-order valence-electron chi connectivity index (χ3n) is 3.42. The Kier molecular flexibility index (Phi) is 3.98. The van der Waals surface area contributed by atoms with Crippen LogP contribution in [0.25, 0.3) is 0 Å². The lowest BCUT2D eigenvalue weighted by atomic mass is 9.80. The molecular weight excluding hydrogens is 216 g/mol. The van der Waals surface area contributed by atoms with Gasteiger partial charge in [0.2, 0.25) is 0 Å². The van der Waals surface area contributed by atoms with Crippen molar-refractivity contribution in [1.82, 2.24) is 10.3 Å². The van der Waals surface area contributed by atoms with Gasteiger partial charge in [-0.1, -0.05) is 13.8 Å². The third-order valence-corrected chi connectivity index (χ3v) is 4.24. The van der Waals surface area contributed by atoms with Crippen molar-refractivity contribution >= 4 is 11.3 Å². The molecule has 16 heavy (non-hydrogen) atoms. The SMILES string of the molecule is Cc1nc(CNC2CC(C)CC(C)C2)cs1. The highest BCUT2D eigenvalue weighted by Crippen LogP contribution is 2.28. The normalized spacial score (nSPS) is 30.6. The number of thiazole rings is 1. The first-order valence-electron chi connectivity index (χ1n) is 6.28. The van der Waals surface area contributed by atoms with Gasteiger partial charge >= 0.3 is 0 Å². The molecule has 1 heterocycles. The fourth-order valence-corrected chi connectivity index (χ4v) is 3.46. The molecule has 1 N–H and O–H groups in total. The number of nitrogens with zero attached hydrogens (tertiary/aromatic N) is 1. The van der Waals surface area contributed by atoms with E-state index in [9.17, 15) is 0 Å². The van der Waals surface area contributed by atoms with Crippen molar-refractivity contribution in [3.05, 3.63) is 16.1 Å². The molecule has 2 atom stereocenters. The number of nitrogens with one attached hydrogen (secondary N) is 1. The number of rotatable bonds is 3. The Balaban J connectivity index is 1.81. The van der Waals surface area contributed by atoms with Crippen molar-refractivity contribution in [2.24, 2.45) is 11.8 Å². The average molecular weight is 238 g/mol. The van der Waals surface area contributed by atoms with Gasteiger partial charge in [-0.3, -0.25) is 0 Å². The van der Waals surface area contributed by atoms with E-state index in [4.69, 9.17) is 0 Å². The number of aromatic nitrogens is 1. The fourth-order valence-electron chi connectivity index (χ4n) is 2.85. The third kappa shape index (κ3) is 3.29. The molecule has 0 aliphatic heterocycles. The van der Waals surface area contributed by atoms with Crippen molar-refractivity contribution in [3.8, 4) is 0 Å². The summed E-state index contributed by atoms with van der Waals surface area (Å²) < 4.78 is 0. The van der Waals surface area contributed by atoms with E-state index in [0.29, 0.717) is 6.04 Å². The van der Waals surface area contributed by atoms with Crippen molar-refractivity contribution < 1.29 is 0 Å². The summed E-state index contributed by atoms with van der Waals surface area (Å²) in [6.45, 7) is 7.75. The van der Waals surface area contributed by atoms with Crippen LogP contribution in [0, 0.1) is 18.8 Å². The van der Waals surface area contributed by atoms with Gasteiger partial charge in [0.1, 0.15) is 0 Å². The molecular formula is C13H22N2S. The molecule has 0 radical (unpaired) electrons. The summed E-state index contributed by atoms with van der Waals surface area (Å²) in [5.74, 6) is 1.75. The molecule has 1 fully saturated rings. The summed E-state index contributed by atoms with van der Waals surface area (Å²) in [4.78, 5) is 4.49. The molecule has 0 saturated heterocycles. The van der Waals surface area contributed by atoms with Gasteiger partial charge in [-0.2, -0.15) is 0 Å². The first kappa shape index (κ1) is 12.1. The monoisotopic (exact) mass is 238 g/mol. The molecule has 1 aliphatic rings. The molecule has 2 nitrogen and oxygen atoms in total. The number of aryl methyl sites for hydroxylation is 1. The average Bonchev–Trinajstić information content (AvgIpc) is 2.60. The maximum Gasteiger partial charge on any atom is 0.0897 e. The summed E-state index contributed by atoms with van der Waals surface area (Å²) in [5.41, 5.74) is 1.20. The van der Waals surface area contributed by atoms with E-state index >= 15 is 0 Å². The van der Waals surface area contributed by atoms with E-state index in [0.717, 1.165) is 18.4 Å². The van der Waals surface area contributed by atoms with E-state index in [1.165, 1.54) is 30.0 Å². The molecule has 0 aromatic carbocycles. The molecule has 3 heteroatoms. The van der Waals surface area contributed by atoms with Crippen molar-refractivity contribution in [2.75, 3.05) is 0 Å². The second kappa shape index (κ2) is 5.28. The summed E-state index contributed by atoms with van der Waals surface area (Å²) in [7, 11) is 0. The van der Waals surface area contributed by atoms with Gasteiger partial charge in [0, 0.05) is 18.0 Å². The Morgan fingerprint density at radius 1 is 1.31 bits per heavy atom. The van der Waals surface area contributed by atoms with Gasteiger partial charge in [-0.05, 0) is 38.0 Å². The standard InChI is InChI=1S/C13H22N2S/c1-9-4-10(2)6-12(5-9)14-7-13-8-16-11(3)15-13/h8-10,12,14H,4-7H2,1-3H3. The first-order valence-corrected chi connectivity index (χ1v) is 7.16. The minimum atomic E-state index is 0.695. The van der Waals surface area contributed by atoms with Crippen LogP contribution in [0.15, 0.2) is 5.38 Å². The first-order chi connectivity index (χ1) is 7.63. The summed E-state index contributed by atoms with van der Waals surface area (Å²) in [6, 6.07) is 0.695. The highest BCUT2D eigenvalue weighted by atomic mass is 32.1. The highest BCUT2D eigenvalue weighted by molar-refractivity contribution is 7.09. The van der Waals surface area contributed by atoms with Crippen LogP contribution in [-0.4, -0.2) is 11.0 Å². The topological polar surface area (TPSA) is 24.9 Å². The van der Waals surface area contributed by atoms with Gasteiger partial charge in [-0.25, -0.2) is 4.98 Å². The maximum atomic E-state index is 4.49. The van der Waals surface area contributed by atoms with E-state index in [2.05, 4.69) is 36.5 Å². The Bertz CT molecular complexity index is 324.